The minimum Gasteiger partial charge on any atom is -0.369 e. The van der Waals surface area contributed by atoms with Crippen molar-refractivity contribution in [2.24, 2.45) is 4.99 Å². The maximum absolute atomic E-state index is 13.4. The van der Waals surface area contributed by atoms with Crippen molar-refractivity contribution in [1.82, 2.24) is 10.6 Å². The number of halogens is 5. The number of guanidine groups is 1. The van der Waals surface area contributed by atoms with Gasteiger partial charge < -0.3 is 15.5 Å². The Morgan fingerprint density at radius 1 is 1.36 bits per heavy atom. The SMILES string of the molecule is CN=C(NCCC(F)(F)F)NC1CCCN(c2cccc(F)c2)C1.I. The summed E-state index contributed by atoms with van der Waals surface area (Å²) < 4.78 is 50.0. The highest BCUT2D eigenvalue weighted by molar-refractivity contribution is 14.0. The topological polar surface area (TPSA) is 39.7 Å². The van der Waals surface area contributed by atoms with Gasteiger partial charge in [0.15, 0.2) is 5.96 Å². The van der Waals surface area contributed by atoms with E-state index < -0.39 is 12.6 Å². The van der Waals surface area contributed by atoms with Gasteiger partial charge in [-0.05, 0) is 31.0 Å². The first-order valence-electron chi connectivity index (χ1n) is 7.92. The lowest BCUT2D eigenvalue weighted by Crippen LogP contribution is -2.51. The number of anilines is 1. The molecular weight excluding hydrogens is 451 g/mol. The molecule has 0 aromatic heterocycles. The zero-order chi connectivity index (χ0) is 17.6. The van der Waals surface area contributed by atoms with Crippen LogP contribution in [0.5, 0.6) is 0 Å². The molecule has 4 nitrogen and oxygen atoms in total. The van der Waals surface area contributed by atoms with Gasteiger partial charge in [0.05, 0.1) is 6.42 Å². The van der Waals surface area contributed by atoms with Crippen LogP contribution >= 0.6 is 24.0 Å². The third-order valence-corrected chi connectivity index (χ3v) is 3.86. The summed E-state index contributed by atoms with van der Waals surface area (Å²) in [5.74, 6) is 0.0672. The highest BCUT2D eigenvalue weighted by Crippen LogP contribution is 2.21. The molecule has 1 aromatic rings. The minimum atomic E-state index is -4.19. The van der Waals surface area contributed by atoms with Crippen molar-refractivity contribution in [2.75, 3.05) is 31.6 Å². The van der Waals surface area contributed by atoms with Gasteiger partial charge in [0.2, 0.25) is 0 Å². The molecule has 0 amide bonds. The lowest BCUT2D eigenvalue weighted by atomic mass is 10.0. The van der Waals surface area contributed by atoms with Crippen LogP contribution in [-0.2, 0) is 0 Å². The normalized spacial score (nSPS) is 18.5. The summed E-state index contributed by atoms with van der Waals surface area (Å²) in [5.41, 5.74) is 0.807. The Balaban J connectivity index is 0.00000312. The Bertz CT molecular complexity index is 565. The van der Waals surface area contributed by atoms with Crippen molar-refractivity contribution in [3.05, 3.63) is 30.1 Å². The molecule has 0 bridgehead atoms. The molecule has 1 aliphatic heterocycles. The molecule has 1 aliphatic rings. The van der Waals surface area contributed by atoms with Gasteiger partial charge in [0.1, 0.15) is 5.82 Å². The van der Waals surface area contributed by atoms with Crippen molar-refractivity contribution >= 4 is 35.6 Å². The molecule has 2 N–H and O–H groups in total. The number of aliphatic imine (C=N–C) groups is 1. The molecule has 1 atom stereocenters. The second-order valence-corrected chi connectivity index (χ2v) is 5.77. The quantitative estimate of drug-likeness (QED) is 0.304. The van der Waals surface area contributed by atoms with Crippen LogP contribution in [0.2, 0.25) is 0 Å². The van der Waals surface area contributed by atoms with Crippen LogP contribution in [0.4, 0.5) is 23.2 Å². The summed E-state index contributed by atoms with van der Waals surface area (Å²) in [5, 5.41) is 5.82. The van der Waals surface area contributed by atoms with Gasteiger partial charge in [-0.25, -0.2) is 4.39 Å². The Kier molecular flexibility index (Phi) is 8.74. The second kappa shape index (κ2) is 10.0. The van der Waals surface area contributed by atoms with E-state index in [1.165, 1.54) is 19.2 Å². The molecule has 2 rings (SSSR count). The summed E-state index contributed by atoms with van der Waals surface area (Å²) in [7, 11) is 1.52. The summed E-state index contributed by atoms with van der Waals surface area (Å²) >= 11 is 0. The van der Waals surface area contributed by atoms with Crippen LogP contribution in [0.25, 0.3) is 0 Å². The molecular formula is C16H23F4IN4. The number of hydrogen-bond acceptors (Lipinski definition) is 2. The Morgan fingerprint density at radius 3 is 2.76 bits per heavy atom. The third kappa shape index (κ3) is 7.66. The van der Waals surface area contributed by atoms with Crippen LogP contribution in [0.1, 0.15) is 19.3 Å². The highest BCUT2D eigenvalue weighted by atomic mass is 127. The maximum Gasteiger partial charge on any atom is 0.390 e. The fourth-order valence-corrected chi connectivity index (χ4v) is 2.71. The smallest absolute Gasteiger partial charge is 0.369 e. The average Bonchev–Trinajstić information content (AvgIpc) is 2.53. The number of benzene rings is 1. The largest absolute Gasteiger partial charge is 0.390 e. The highest BCUT2D eigenvalue weighted by Gasteiger charge is 2.27. The van der Waals surface area contributed by atoms with Gasteiger partial charge in [0.25, 0.3) is 0 Å². The van der Waals surface area contributed by atoms with E-state index in [1.54, 1.807) is 6.07 Å². The van der Waals surface area contributed by atoms with Gasteiger partial charge in [0, 0.05) is 38.4 Å². The Morgan fingerprint density at radius 2 is 2.12 bits per heavy atom. The van der Waals surface area contributed by atoms with Crippen LogP contribution in [0.3, 0.4) is 0 Å². The van der Waals surface area contributed by atoms with Crippen LogP contribution < -0.4 is 15.5 Å². The monoisotopic (exact) mass is 474 g/mol. The van der Waals surface area contributed by atoms with Crippen LogP contribution in [-0.4, -0.2) is 44.9 Å². The minimum absolute atomic E-state index is 0. The van der Waals surface area contributed by atoms with Gasteiger partial charge in [-0.1, -0.05) is 6.07 Å². The predicted molar refractivity (Wildman–Crippen MR) is 102 cm³/mol. The van der Waals surface area contributed by atoms with E-state index in [0.717, 1.165) is 25.1 Å². The molecule has 1 aromatic carbocycles. The van der Waals surface area contributed by atoms with E-state index in [1.807, 2.05) is 6.07 Å². The number of alkyl halides is 3. The first-order valence-corrected chi connectivity index (χ1v) is 7.92. The molecule has 1 unspecified atom stereocenters. The van der Waals surface area contributed by atoms with Gasteiger partial charge >= 0.3 is 6.18 Å². The number of piperidine rings is 1. The second-order valence-electron chi connectivity index (χ2n) is 5.77. The third-order valence-electron chi connectivity index (χ3n) is 3.86. The first-order chi connectivity index (χ1) is 11.4. The molecule has 0 radical (unpaired) electrons. The Hall–Kier alpha value is -1.26. The van der Waals surface area contributed by atoms with E-state index >= 15 is 0 Å². The first kappa shape index (κ1) is 21.8. The molecule has 0 spiro atoms. The van der Waals surface area contributed by atoms with E-state index in [2.05, 4.69) is 20.5 Å². The average molecular weight is 474 g/mol. The fourth-order valence-electron chi connectivity index (χ4n) is 2.71. The summed E-state index contributed by atoms with van der Waals surface area (Å²) in [6, 6.07) is 6.44. The lowest BCUT2D eigenvalue weighted by molar-refractivity contribution is -0.132. The molecule has 1 saturated heterocycles. The van der Waals surface area contributed by atoms with Crippen molar-refractivity contribution < 1.29 is 17.6 Å². The Labute approximate surface area is 162 Å². The van der Waals surface area contributed by atoms with Crippen molar-refractivity contribution in [1.29, 1.82) is 0 Å². The lowest BCUT2D eigenvalue weighted by Gasteiger charge is -2.35. The van der Waals surface area contributed by atoms with Gasteiger partial charge in [-0.3, -0.25) is 4.99 Å². The van der Waals surface area contributed by atoms with Crippen molar-refractivity contribution in [2.45, 2.75) is 31.5 Å². The number of nitrogens with zero attached hydrogens (tertiary/aromatic N) is 2. The molecule has 0 saturated carbocycles. The number of rotatable bonds is 4. The van der Waals surface area contributed by atoms with Crippen LogP contribution in [0, 0.1) is 5.82 Å². The van der Waals surface area contributed by atoms with Crippen molar-refractivity contribution in [3.8, 4) is 0 Å². The van der Waals surface area contributed by atoms with E-state index in [0.29, 0.717) is 12.5 Å². The zero-order valence-electron chi connectivity index (χ0n) is 13.9. The number of nitrogens with one attached hydrogen (secondary N) is 2. The maximum atomic E-state index is 13.4. The van der Waals surface area contributed by atoms with Crippen LogP contribution in [0.15, 0.2) is 29.3 Å². The molecule has 1 heterocycles. The van der Waals surface area contributed by atoms with E-state index in [4.69, 9.17) is 0 Å². The summed E-state index contributed by atoms with van der Waals surface area (Å²) in [6.45, 7) is 1.24. The van der Waals surface area contributed by atoms with E-state index in [-0.39, 0.29) is 42.4 Å². The molecule has 9 heteroatoms. The summed E-state index contributed by atoms with van der Waals surface area (Å²) in [6.07, 6.45) is -3.31. The standard InChI is InChI=1S/C16H22F4N4.HI/c1-21-15(22-8-7-16(18,19)20)23-13-5-3-9-24(11-13)14-6-2-4-12(17)10-14;/h2,4,6,10,13H,3,5,7-9,11H2,1H3,(H2,21,22,23);1H. The predicted octanol–water partition coefficient (Wildman–Crippen LogP) is 3.53. The van der Waals surface area contributed by atoms with E-state index in [9.17, 15) is 17.6 Å². The fraction of sp³-hybridized carbons (Fsp3) is 0.562. The molecule has 0 aliphatic carbocycles. The summed E-state index contributed by atoms with van der Waals surface area (Å²) in [4.78, 5) is 6.02. The van der Waals surface area contributed by atoms with Gasteiger partial charge in [-0.15, -0.1) is 24.0 Å². The van der Waals surface area contributed by atoms with Gasteiger partial charge in [-0.2, -0.15) is 13.2 Å². The molecule has 142 valence electrons. The number of hydrogen-bond donors (Lipinski definition) is 2. The molecule has 1 fully saturated rings. The zero-order valence-corrected chi connectivity index (χ0v) is 16.3. The molecule has 25 heavy (non-hydrogen) atoms. The van der Waals surface area contributed by atoms with Crippen molar-refractivity contribution in [3.63, 3.8) is 0 Å².